The highest BCUT2D eigenvalue weighted by Crippen LogP contribution is 2.47. The van der Waals surface area contributed by atoms with E-state index in [0.29, 0.717) is 17.5 Å². The van der Waals surface area contributed by atoms with Crippen LogP contribution in [0.15, 0.2) is 239 Å². The highest BCUT2D eigenvalue weighted by molar-refractivity contribution is 7.26. The molecule has 8 heteroatoms. The third kappa shape index (κ3) is 6.43. The summed E-state index contributed by atoms with van der Waals surface area (Å²) in [6, 6.07) is 81.9. The van der Waals surface area contributed by atoms with E-state index in [1.165, 1.54) is 41.3 Å². The molecule has 77 heavy (non-hydrogen) atoms. The Labute approximate surface area is 447 Å². The fourth-order valence-electron chi connectivity index (χ4n) is 12.0. The van der Waals surface area contributed by atoms with Crippen LogP contribution in [0.2, 0.25) is 0 Å². The van der Waals surface area contributed by atoms with Gasteiger partial charge in [-0.2, -0.15) is 0 Å². The molecule has 17 aromatic rings. The van der Waals surface area contributed by atoms with Crippen LogP contribution >= 0.6 is 22.7 Å². The number of para-hydroxylation sites is 4. The number of nitrogens with zero attached hydrogens (tertiary/aromatic N) is 4. The first kappa shape index (κ1) is 42.6. The molecule has 6 nitrogen and oxygen atoms in total. The van der Waals surface area contributed by atoms with Gasteiger partial charge in [0.1, 0.15) is 22.3 Å². The van der Waals surface area contributed by atoms with Crippen LogP contribution in [-0.2, 0) is 0 Å². The number of benzene rings is 11. The largest absolute Gasteiger partial charge is 0.456 e. The van der Waals surface area contributed by atoms with Gasteiger partial charge >= 0.3 is 0 Å². The van der Waals surface area contributed by atoms with Gasteiger partial charge in [0.2, 0.25) is 0 Å². The van der Waals surface area contributed by atoms with Crippen molar-refractivity contribution in [2.24, 2.45) is 0 Å². The molecule has 6 heterocycles. The van der Waals surface area contributed by atoms with E-state index in [-0.39, 0.29) is 0 Å². The quantitative estimate of drug-likeness (QED) is 0.166. The average molecular weight is 1020 g/mol. The summed E-state index contributed by atoms with van der Waals surface area (Å²) >= 11 is 3.58. The molecule has 0 N–H and O–H groups in total. The molecule has 0 aliphatic heterocycles. The molecular weight excluding hydrogens is 981 g/mol. The van der Waals surface area contributed by atoms with Gasteiger partial charge in [-0.3, -0.25) is 0 Å². The molecule has 0 saturated carbocycles. The second kappa shape index (κ2) is 16.4. The van der Waals surface area contributed by atoms with E-state index >= 15 is 0 Å². The predicted molar refractivity (Wildman–Crippen MR) is 322 cm³/mol. The Morgan fingerprint density at radius 1 is 0.312 bits per heavy atom. The molecule has 0 unspecified atom stereocenters. The van der Waals surface area contributed by atoms with Crippen LogP contribution in [0.25, 0.3) is 168 Å². The van der Waals surface area contributed by atoms with E-state index in [2.05, 4.69) is 217 Å². The van der Waals surface area contributed by atoms with Crippen LogP contribution in [0, 0.1) is 0 Å². The van der Waals surface area contributed by atoms with Crippen LogP contribution < -0.4 is 0 Å². The Balaban J connectivity index is 0.816. The lowest BCUT2D eigenvalue weighted by atomic mass is 9.98. The normalized spacial score (nSPS) is 12.2. The van der Waals surface area contributed by atoms with E-state index in [1.54, 1.807) is 22.7 Å². The Kier molecular flexibility index (Phi) is 9.07. The fourth-order valence-corrected chi connectivity index (χ4v) is 14.4. The summed E-state index contributed by atoms with van der Waals surface area (Å²) in [5.41, 5.74) is 14.1. The minimum absolute atomic E-state index is 0.581. The number of thiophene rings is 2. The Bertz CT molecular complexity index is 5310. The van der Waals surface area contributed by atoms with Gasteiger partial charge in [0.15, 0.2) is 17.5 Å². The third-order valence-corrected chi connectivity index (χ3v) is 17.8. The van der Waals surface area contributed by atoms with E-state index < -0.39 is 0 Å². The molecule has 0 aliphatic rings. The summed E-state index contributed by atoms with van der Waals surface area (Å²) in [5, 5.41) is 11.3. The van der Waals surface area contributed by atoms with Crippen LogP contribution in [0.1, 0.15) is 0 Å². The molecule has 0 fully saturated rings. The van der Waals surface area contributed by atoms with Crippen molar-refractivity contribution in [2.75, 3.05) is 0 Å². The minimum atomic E-state index is 0.581. The number of furan rings is 2. The number of fused-ring (bicyclic) bond motifs is 15. The van der Waals surface area contributed by atoms with Gasteiger partial charge in [-0.1, -0.05) is 152 Å². The summed E-state index contributed by atoms with van der Waals surface area (Å²) in [4.78, 5) is 16.1. The molecule has 358 valence electrons. The first-order chi connectivity index (χ1) is 38.1. The maximum Gasteiger partial charge on any atom is 0.164 e. The zero-order valence-electron chi connectivity index (χ0n) is 40.9. The van der Waals surface area contributed by atoms with Gasteiger partial charge in [0, 0.05) is 106 Å². The molecule has 0 bridgehead atoms. The molecule has 6 aromatic heterocycles. The van der Waals surface area contributed by atoms with Gasteiger partial charge < -0.3 is 13.4 Å². The van der Waals surface area contributed by atoms with Gasteiger partial charge in [-0.25, -0.2) is 15.0 Å². The number of hydrogen-bond acceptors (Lipinski definition) is 7. The van der Waals surface area contributed by atoms with Crippen molar-refractivity contribution < 1.29 is 8.83 Å². The van der Waals surface area contributed by atoms with Crippen molar-refractivity contribution in [3.05, 3.63) is 231 Å². The maximum atomic E-state index is 6.90. The number of rotatable bonds is 6. The van der Waals surface area contributed by atoms with Crippen molar-refractivity contribution in [2.45, 2.75) is 0 Å². The molecule has 17 rings (SSSR count). The topological polar surface area (TPSA) is 69.9 Å². The van der Waals surface area contributed by atoms with Gasteiger partial charge in [-0.05, 0) is 90.0 Å². The Morgan fingerprint density at radius 3 is 1.73 bits per heavy atom. The van der Waals surface area contributed by atoms with Crippen LogP contribution in [-0.4, -0.2) is 19.5 Å². The number of hydrogen-bond donors (Lipinski definition) is 0. The first-order valence-corrected chi connectivity index (χ1v) is 27.4. The molecule has 0 saturated heterocycles. The minimum Gasteiger partial charge on any atom is -0.456 e. The molecular formula is C69H38N4O2S2. The van der Waals surface area contributed by atoms with Gasteiger partial charge in [0.05, 0.1) is 11.0 Å². The fraction of sp³-hybridized carbons (Fsp3) is 0. The maximum absolute atomic E-state index is 6.90. The molecule has 0 amide bonds. The van der Waals surface area contributed by atoms with Crippen molar-refractivity contribution >= 4 is 129 Å². The Morgan fingerprint density at radius 2 is 0.883 bits per heavy atom. The SMILES string of the molecule is c1ccc(-n2c3ccccc3c3cc(-c4ccc5oc6c(-c7cccc8c7sc7cccc(-c9nc(-c%10ccc%11c(c%10)oc%10ccccc%10%11)nc(-c%10cccc%11sc%12ccccc%12c%10%11)n9)c78)cccc6c5c4)ccc32)cc1. The van der Waals surface area contributed by atoms with Crippen molar-refractivity contribution in [1.29, 1.82) is 0 Å². The second-order valence-corrected chi connectivity index (χ2v) is 21.9. The molecule has 11 aromatic carbocycles. The van der Waals surface area contributed by atoms with Gasteiger partial charge in [-0.15, -0.1) is 22.7 Å². The summed E-state index contributed by atoms with van der Waals surface area (Å²) in [7, 11) is 0. The zero-order chi connectivity index (χ0) is 50.3. The van der Waals surface area contributed by atoms with E-state index in [0.717, 1.165) is 109 Å². The highest BCUT2D eigenvalue weighted by atomic mass is 32.1. The summed E-state index contributed by atoms with van der Waals surface area (Å²) in [6.45, 7) is 0. The average Bonchev–Trinajstić information content (AvgIpc) is 4.33. The zero-order valence-corrected chi connectivity index (χ0v) is 42.5. The Hall–Kier alpha value is -9.73. The standard InChI is InChI=1S/C69H38N4O2S2/c1-2-14-42(15-3-1)73-55-25-7-4-16-43(55)53-36-39(31-34-56(53)73)40-32-35-58-54(37-40)47-20-10-19-46(65(47)75-58)48-21-11-22-50-64-52(24-13-29-62(64)77-66(48)50)69-71-67(41-30-33-45-44-17-5-8-26-57(44)74-59(45)38-41)70-68(72-69)51-23-12-28-61-63(51)49-18-6-9-27-60(49)76-61/h1-38H. The highest BCUT2D eigenvalue weighted by Gasteiger charge is 2.23. The van der Waals surface area contributed by atoms with Gasteiger partial charge in [0.25, 0.3) is 0 Å². The lowest BCUT2D eigenvalue weighted by Crippen LogP contribution is -2.00. The van der Waals surface area contributed by atoms with E-state index in [4.69, 9.17) is 23.8 Å². The summed E-state index contributed by atoms with van der Waals surface area (Å²) in [5.74, 6) is 1.81. The summed E-state index contributed by atoms with van der Waals surface area (Å²) in [6.07, 6.45) is 0. The first-order valence-electron chi connectivity index (χ1n) is 25.7. The van der Waals surface area contributed by atoms with Crippen molar-refractivity contribution in [3.8, 4) is 62.1 Å². The van der Waals surface area contributed by atoms with E-state index in [9.17, 15) is 0 Å². The van der Waals surface area contributed by atoms with Crippen molar-refractivity contribution in [1.82, 2.24) is 19.5 Å². The number of aromatic nitrogens is 4. The van der Waals surface area contributed by atoms with Crippen molar-refractivity contribution in [3.63, 3.8) is 0 Å². The lowest BCUT2D eigenvalue weighted by Gasteiger charge is -2.11. The lowest BCUT2D eigenvalue weighted by molar-refractivity contribution is 0.669. The van der Waals surface area contributed by atoms with Crippen LogP contribution in [0.4, 0.5) is 0 Å². The molecule has 0 radical (unpaired) electrons. The van der Waals surface area contributed by atoms with Crippen LogP contribution in [0.5, 0.6) is 0 Å². The molecule has 0 aliphatic carbocycles. The second-order valence-electron chi connectivity index (χ2n) is 19.8. The van der Waals surface area contributed by atoms with E-state index in [1.807, 2.05) is 18.2 Å². The molecule has 0 atom stereocenters. The predicted octanol–water partition coefficient (Wildman–Crippen LogP) is 19.8. The third-order valence-electron chi connectivity index (χ3n) is 15.5. The smallest absolute Gasteiger partial charge is 0.164 e. The van der Waals surface area contributed by atoms with Crippen LogP contribution in [0.3, 0.4) is 0 Å². The molecule has 0 spiro atoms. The summed E-state index contributed by atoms with van der Waals surface area (Å²) < 4.78 is 20.4. The monoisotopic (exact) mass is 1020 g/mol.